The van der Waals surface area contributed by atoms with Crippen LogP contribution in [0.3, 0.4) is 0 Å². The van der Waals surface area contributed by atoms with Gasteiger partial charge in [-0.05, 0) is 30.3 Å². The number of halogens is 1. The fourth-order valence-electron chi connectivity index (χ4n) is 1.84. The molecule has 0 atom stereocenters. The lowest BCUT2D eigenvalue weighted by atomic mass is 10.2. The summed E-state index contributed by atoms with van der Waals surface area (Å²) in [5, 5.41) is 2.42. The Morgan fingerprint density at radius 3 is 2.65 bits per heavy atom. The standard InChI is InChI=1S/C14H14ClN3O4S/c1-9(19)17-10-5-6-12(22-2)11(8-10)18-23(20,21)13-4-3-7-16-14(13)15/h3-8,18H,1-2H3,(H,17,19). The first-order valence-corrected chi connectivity index (χ1v) is 8.28. The van der Waals surface area contributed by atoms with Gasteiger partial charge in [-0.1, -0.05) is 11.6 Å². The van der Waals surface area contributed by atoms with Gasteiger partial charge in [0.15, 0.2) is 0 Å². The number of nitrogens with zero attached hydrogens (tertiary/aromatic N) is 1. The van der Waals surface area contributed by atoms with Crippen molar-refractivity contribution < 1.29 is 17.9 Å². The first kappa shape index (κ1) is 17.0. The third-order valence-electron chi connectivity index (χ3n) is 2.78. The maximum atomic E-state index is 12.4. The largest absolute Gasteiger partial charge is 0.495 e. The minimum Gasteiger partial charge on any atom is -0.495 e. The van der Waals surface area contributed by atoms with Gasteiger partial charge in [0.25, 0.3) is 10.0 Å². The van der Waals surface area contributed by atoms with Crippen LogP contribution < -0.4 is 14.8 Å². The number of amides is 1. The zero-order valence-electron chi connectivity index (χ0n) is 12.3. The summed E-state index contributed by atoms with van der Waals surface area (Å²) in [5.74, 6) is 0.0157. The van der Waals surface area contributed by atoms with Crippen LogP contribution in [-0.2, 0) is 14.8 Å². The molecule has 7 nitrogen and oxygen atoms in total. The Balaban J connectivity index is 2.41. The van der Waals surface area contributed by atoms with Crippen LogP contribution in [0, 0.1) is 0 Å². The van der Waals surface area contributed by atoms with E-state index >= 15 is 0 Å². The number of nitrogens with one attached hydrogen (secondary N) is 2. The fraction of sp³-hybridized carbons (Fsp3) is 0.143. The van der Waals surface area contributed by atoms with Crippen LogP contribution in [0.25, 0.3) is 0 Å². The lowest BCUT2D eigenvalue weighted by Crippen LogP contribution is -2.15. The van der Waals surface area contributed by atoms with Crippen LogP contribution in [0.5, 0.6) is 5.75 Å². The molecule has 1 aromatic heterocycles. The molecule has 0 aliphatic carbocycles. The monoisotopic (exact) mass is 355 g/mol. The van der Waals surface area contributed by atoms with E-state index in [4.69, 9.17) is 16.3 Å². The highest BCUT2D eigenvalue weighted by Gasteiger charge is 2.20. The molecule has 0 fully saturated rings. The van der Waals surface area contributed by atoms with Crippen molar-refractivity contribution in [2.24, 2.45) is 0 Å². The molecule has 2 rings (SSSR count). The predicted molar refractivity (Wildman–Crippen MR) is 87.4 cm³/mol. The number of rotatable bonds is 5. The van der Waals surface area contributed by atoms with Crippen LogP contribution >= 0.6 is 11.6 Å². The van der Waals surface area contributed by atoms with Crippen LogP contribution in [0.2, 0.25) is 5.15 Å². The summed E-state index contributed by atoms with van der Waals surface area (Å²) < 4.78 is 32.4. The van der Waals surface area contributed by atoms with Crippen LogP contribution in [0.4, 0.5) is 11.4 Å². The summed E-state index contributed by atoms with van der Waals surface area (Å²) in [6.07, 6.45) is 1.39. The first-order valence-electron chi connectivity index (χ1n) is 6.42. The molecule has 0 spiro atoms. The maximum absolute atomic E-state index is 12.4. The van der Waals surface area contributed by atoms with Gasteiger partial charge in [0.2, 0.25) is 5.91 Å². The highest BCUT2D eigenvalue weighted by atomic mass is 35.5. The molecule has 0 bridgehead atoms. The van der Waals surface area contributed by atoms with Gasteiger partial charge in [0.1, 0.15) is 15.8 Å². The third kappa shape index (κ3) is 4.11. The fourth-order valence-corrected chi connectivity index (χ4v) is 3.36. The summed E-state index contributed by atoms with van der Waals surface area (Å²) in [6, 6.07) is 7.37. The van der Waals surface area contributed by atoms with E-state index in [2.05, 4.69) is 15.0 Å². The van der Waals surface area contributed by atoms with Crippen molar-refractivity contribution in [2.75, 3.05) is 17.1 Å². The molecule has 1 aromatic carbocycles. The average molecular weight is 356 g/mol. The Morgan fingerprint density at radius 1 is 1.30 bits per heavy atom. The minimum atomic E-state index is -3.96. The Bertz CT molecular complexity index is 840. The number of carbonyl (C=O) groups excluding carboxylic acids is 1. The SMILES string of the molecule is COc1ccc(NC(C)=O)cc1NS(=O)(=O)c1cccnc1Cl. The second-order valence-electron chi connectivity index (χ2n) is 4.49. The molecule has 0 saturated carbocycles. The van der Waals surface area contributed by atoms with E-state index < -0.39 is 10.0 Å². The van der Waals surface area contributed by atoms with Crippen LogP contribution in [0.15, 0.2) is 41.4 Å². The van der Waals surface area contributed by atoms with Crippen molar-refractivity contribution in [3.05, 3.63) is 41.7 Å². The van der Waals surface area contributed by atoms with Crippen LogP contribution in [0.1, 0.15) is 6.92 Å². The summed E-state index contributed by atoms with van der Waals surface area (Å²) >= 11 is 5.83. The van der Waals surface area contributed by atoms with E-state index in [0.717, 1.165) is 0 Å². The van der Waals surface area contributed by atoms with Crippen molar-refractivity contribution in [2.45, 2.75) is 11.8 Å². The van der Waals surface area contributed by atoms with E-state index in [-0.39, 0.29) is 21.6 Å². The number of hydrogen-bond acceptors (Lipinski definition) is 5. The van der Waals surface area contributed by atoms with Crippen molar-refractivity contribution in [3.63, 3.8) is 0 Å². The minimum absolute atomic E-state index is 0.142. The number of benzene rings is 1. The van der Waals surface area contributed by atoms with Gasteiger partial charge in [-0.2, -0.15) is 0 Å². The molecule has 0 aliphatic rings. The summed E-state index contributed by atoms with van der Waals surface area (Å²) in [6.45, 7) is 1.35. The van der Waals surface area contributed by atoms with E-state index in [9.17, 15) is 13.2 Å². The van der Waals surface area contributed by atoms with Crippen molar-refractivity contribution in [1.29, 1.82) is 0 Å². The molecular formula is C14H14ClN3O4S. The van der Waals surface area contributed by atoms with Crippen molar-refractivity contribution in [3.8, 4) is 5.75 Å². The van der Waals surface area contributed by atoms with Crippen LogP contribution in [-0.4, -0.2) is 26.4 Å². The number of pyridine rings is 1. The summed E-state index contributed by atoms with van der Waals surface area (Å²) in [5.41, 5.74) is 0.590. The van der Waals surface area contributed by atoms with Gasteiger partial charge < -0.3 is 10.1 Å². The molecule has 23 heavy (non-hydrogen) atoms. The quantitative estimate of drug-likeness (QED) is 0.803. The van der Waals surface area contributed by atoms with Gasteiger partial charge in [0, 0.05) is 18.8 Å². The molecule has 0 radical (unpaired) electrons. The number of anilines is 2. The number of sulfonamides is 1. The molecule has 122 valence electrons. The number of methoxy groups -OCH3 is 1. The predicted octanol–water partition coefficient (Wildman–Crippen LogP) is 2.50. The molecule has 9 heteroatoms. The number of ether oxygens (including phenoxy) is 1. The molecule has 0 unspecified atom stereocenters. The number of carbonyl (C=O) groups is 1. The molecular weight excluding hydrogens is 342 g/mol. The van der Waals surface area contributed by atoms with Gasteiger partial charge in [-0.25, -0.2) is 13.4 Å². The molecule has 1 amide bonds. The second-order valence-corrected chi connectivity index (χ2v) is 6.50. The highest BCUT2D eigenvalue weighted by Crippen LogP contribution is 2.31. The summed E-state index contributed by atoms with van der Waals surface area (Å²) in [7, 11) is -2.55. The lowest BCUT2D eigenvalue weighted by molar-refractivity contribution is -0.114. The van der Waals surface area contributed by atoms with Gasteiger partial charge in [-0.15, -0.1) is 0 Å². The van der Waals surface area contributed by atoms with E-state index in [1.54, 1.807) is 6.07 Å². The zero-order valence-corrected chi connectivity index (χ0v) is 13.9. The first-order chi connectivity index (χ1) is 10.8. The topological polar surface area (TPSA) is 97.4 Å². The molecule has 2 N–H and O–H groups in total. The van der Waals surface area contributed by atoms with E-state index in [1.165, 1.54) is 44.5 Å². The Kier molecular flexibility index (Phi) is 5.07. The lowest BCUT2D eigenvalue weighted by Gasteiger charge is -2.14. The second kappa shape index (κ2) is 6.84. The summed E-state index contributed by atoms with van der Waals surface area (Å²) in [4.78, 5) is 14.7. The maximum Gasteiger partial charge on any atom is 0.265 e. The van der Waals surface area contributed by atoms with Gasteiger partial charge in [0.05, 0.1) is 12.8 Å². The highest BCUT2D eigenvalue weighted by molar-refractivity contribution is 7.92. The zero-order chi connectivity index (χ0) is 17.0. The smallest absolute Gasteiger partial charge is 0.265 e. The Hall–Kier alpha value is -2.32. The van der Waals surface area contributed by atoms with Gasteiger partial charge >= 0.3 is 0 Å². The van der Waals surface area contributed by atoms with E-state index in [1.807, 2.05) is 0 Å². The van der Waals surface area contributed by atoms with Crippen molar-refractivity contribution in [1.82, 2.24) is 4.98 Å². The molecule has 2 aromatic rings. The van der Waals surface area contributed by atoms with Gasteiger partial charge in [-0.3, -0.25) is 9.52 Å². The average Bonchev–Trinajstić information content (AvgIpc) is 2.46. The molecule has 1 heterocycles. The van der Waals surface area contributed by atoms with E-state index in [0.29, 0.717) is 11.4 Å². The number of hydrogen-bond donors (Lipinski definition) is 2. The third-order valence-corrected chi connectivity index (χ3v) is 4.59. The molecule has 0 saturated heterocycles. The molecule has 0 aliphatic heterocycles. The van der Waals surface area contributed by atoms with Crippen molar-refractivity contribution >= 4 is 38.9 Å². The normalized spacial score (nSPS) is 10.9. The number of aromatic nitrogens is 1. The Labute approximate surface area is 138 Å². The Morgan fingerprint density at radius 2 is 2.04 bits per heavy atom.